The molecule has 1 heterocycles. The second-order valence-electron chi connectivity index (χ2n) is 4.22. The fraction of sp³-hybridized carbons (Fsp3) is 0.133. The van der Waals surface area contributed by atoms with Crippen LogP contribution in [0.5, 0.6) is 0 Å². The van der Waals surface area contributed by atoms with Gasteiger partial charge in [-0.1, -0.05) is 23.7 Å². The van der Waals surface area contributed by atoms with Crippen LogP contribution < -0.4 is 5.32 Å². The molecular formula is C15H14ClNOS. The molecule has 0 radical (unpaired) electrons. The van der Waals surface area contributed by atoms with Crippen molar-refractivity contribution in [3.63, 3.8) is 0 Å². The van der Waals surface area contributed by atoms with Crippen molar-refractivity contribution in [3.05, 3.63) is 57.4 Å². The number of benzene rings is 1. The van der Waals surface area contributed by atoms with Gasteiger partial charge < -0.3 is 5.32 Å². The summed E-state index contributed by atoms with van der Waals surface area (Å²) in [6.07, 6.45) is 3.28. The molecule has 0 saturated heterocycles. The first-order valence-corrected chi connectivity index (χ1v) is 7.06. The van der Waals surface area contributed by atoms with Crippen LogP contribution in [0.25, 0.3) is 6.08 Å². The van der Waals surface area contributed by atoms with Crippen LogP contribution in [0.2, 0.25) is 5.02 Å². The molecule has 2 aromatic rings. The molecule has 0 atom stereocenters. The molecule has 0 unspecified atom stereocenters. The van der Waals surface area contributed by atoms with Crippen molar-refractivity contribution in [2.45, 2.75) is 13.8 Å². The minimum Gasteiger partial charge on any atom is -0.314 e. The number of aryl methyl sites for hydroxylation is 2. The van der Waals surface area contributed by atoms with Crippen LogP contribution in [0.4, 0.5) is 5.00 Å². The number of amides is 1. The molecule has 19 heavy (non-hydrogen) atoms. The first-order chi connectivity index (χ1) is 9.04. The van der Waals surface area contributed by atoms with Crippen LogP contribution in [0.3, 0.4) is 0 Å². The number of rotatable bonds is 3. The zero-order chi connectivity index (χ0) is 13.8. The normalized spacial score (nSPS) is 10.9. The Hall–Kier alpha value is -1.58. The highest BCUT2D eigenvalue weighted by Gasteiger charge is 2.03. The molecule has 0 aliphatic heterocycles. The highest BCUT2D eigenvalue weighted by atomic mass is 35.5. The lowest BCUT2D eigenvalue weighted by Crippen LogP contribution is -2.05. The van der Waals surface area contributed by atoms with Crippen molar-refractivity contribution in [3.8, 4) is 0 Å². The maximum atomic E-state index is 11.8. The van der Waals surface area contributed by atoms with Crippen molar-refractivity contribution in [1.29, 1.82) is 0 Å². The summed E-state index contributed by atoms with van der Waals surface area (Å²) in [5, 5.41) is 4.41. The van der Waals surface area contributed by atoms with Crippen LogP contribution >= 0.6 is 22.9 Å². The second-order valence-corrected chi connectivity index (χ2v) is 5.92. The highest BCUT2D eigenvalue weighted by molar-refractivity contribution is 7.16. The van der Waals surface area contributed by atoms with E-state index in [0.29, 0.717) is 5.02 Å². The second kappa shape index (κ2) is 6.04. The number of nitrogens with one attached hydrogen (secondary N) is 1. The van der Waals surface area contributed by atoms with Gasteiger partial charge in [0.1, 0.15) is 0 Å². The topological polar surface area (TPSA) is 29.1 Å². The Morgan fingerprint density at radius 3 is 2.53 bits per heavy atom. The average molecular weight is 292 g/mol. The molecule has 1 aromatic heterocycles. The van der Waals surface area contributed by atoms with Gasteiger partial charge in [0.15, 0.2) is 0 Å². The maximum Gasteiger partial charge on any atom is 0.248 e. The van der Waals surface area contributed by atoms with E-state index in [1.54, 1.807) is 29.5 Å². The fourth-order valence-electron chi connectivity index (χ4n) is 1.54. The third-order valence-corrected chi connectivity index (χ3v) is 4.03. The predicted molar refractivity (Wildman–Crippen MR) is 82.9 cm³/mol. The molecule has 2 nitrogen and oxygen atoms in total. The highest BCUT2D eigenvalue weighted by Crippen LogP contribution is 2.25. The van der Waals surface area contributed by atoms with Crippen LogP contribution in [0.1, 0.15) is 16.0 Å². The number of carbonyl (C=O) groups excluding carboxylic acids is 1. The van der Waals surface area contributed by atoms with Gasteiger partial charge in [-0.05, 0) is 49.2 Å². The van der Waals surface area contributed by atoms with Crippen LogP contribution in [-0.4, -0.2) is 5.91 Å². The lowest BCUT2D eigenvalue weighted by atomic mass is 10.2. The summed E-state index contributed by atoms with van der Waals surface area (Å²) in [6.45, 7) is 4.07. The van der Waals surface area contributed by atoms with E-state index >= 15 is 0 Å². The third kappa shape index (κ3) is 3.94. The largest absolute Gasteiger partial charge is 0.314 e. The molecule has 98 valence electrons. The van der Waals surface area contributed by atoms with E-state index in [4.69, 9.17) is 11.6 Å². The van der Waals surface area contributed by atoms with Gasteiger partial charge in [0, 0.05) is 16.0 Å². The zero-order valence-electron chi connectivity index (χ0n) is 10.7. The van der Waals surface area contributed by atoms with E-state index in [2.05, 4.69) is 5.32 Å². The molecule has 0 fully saturated rings. The fourth-order valence-corrected chi connectivity index (χ4v) is 2.61. The van der Waals surface area contributed by atoms with Crippen molar-refractivity contribution in [2.75, 3.05) is 5.32 Å². The van der Waals surface area contributed by atoms with Gasteiger partial charge in [-0.15, -0.1) is 11.3 Å². The quantitative estimate of drug-likeness (QED) is 0.818. The summed E-state index contributed by atoms with van der Waals surface area (Å²) in [4.78, 5) is 13.0. The number of anilines is 1. The van der Waals surface area contributed by atoms with E-state index in [1.807, 2.05) is 32.0 Å². The maximum absolute atomic E-state index is 11.8. The molecule has 0 aliphatic carbocycles. The summed E-state index contributed by atoms with van der Waals surface area (Å²) in [7, 11) is 0. The van der Waals surface area contributed by atoms with Crippen molar-refractivity contribution < 1.29 is 4.79 Å². The Labute approximate surface area is 121 Å². The summed E-state index contributed by atoms with van der Waals surface area (Å²) < 4.78 is 0. The lowest BCUT2D eigenvalue weighted by Gasteiger charge is -1.97. The van der Waals surface area contributed by atoms with Crippen molar-refractivity contribution in [2.24, 2.45) is 0 Å². The van der Waals surface area contributed by atoms with Gasteiger partial charge in [-0.25, -0.2) is 0 Å². The van der Waals surface area contributed by atoms with E-state index in [0.717, 1.165) is 10.6 Å². The molecule has 4 heteroatoms. The summed E-state index contributed by atoms with van der Waals surface area (Å²) in [5.41, 5.74) is 2.14. The smallest absolute Gasteiger partial charge is 0.248 e. The first-order valence-electron chi connectivity index (χ1n) is 5.86. The molecule has 0 saturated carbocycles. The van der Waals surface area contributed by atoms with Crippen molar-refractivity contribution in [1.82, 2.24) is 0 Å². The van der Waals surface area contributed by atoms with E-state index in [1.165, 1.54) is 16.5 Å². The number of thiophene rings is 1. The Kier molecular flexibility index (Phi) is 4.40. The minimum atomic E-state index is -0.129. The summed E-state index contributed by atoms with van der Waals surface area (Å²) in [6, 6.07) is 9.31. The summed E-state index contributed by atoms with van der Waals surface area (Å²) >= 11 is 7.38. The number of halogens is 1. The number of hydrogen-bond acceptors (Lipinski definition) is 2. The molecule has 1 N–H and O–H groups in total. The Bertz CT molecular complexity index is 594. The molecular weight excluding hydrogens is 278 g/mol. The molecule has 2 rings (SSSR count). The molecule has 1 amide bonds. The molecule has 0 spiro atoms. The van der Waals surface area contributed by atoms with Gasteiger partial charge in [-0.2, -0.15) is 0 Å². The Morgan fingerprint density at radius 1 is 1.26 bits per heavy atom. The lowest BCUT2D eigenvalue weighted by molar-refractivity contribution is -0.111. The van der Waals surface area contributed by atoms with E-state index < -0.39 is 0 Å². The van der Waals surface area contributed by atoms with E-state index in [-0.39, 0.29) is 5.91 Å². The van der Waals surface area contributed by atoms with Crippen LogP contribution in [0, 0.1) is 13.8 Å². The summed E-state index contributed by atoms with van der Waals surface area (Å²) in [5.74, 6) is -0.129. The predicted octanol–water partition coefficient (Wildman–Crippen LogP) is 4.67. The first kappa shape index (κ1) is 13.8. The number of carbonyl (C=O) groups is 1. The molecule has 0 bridgehead atoms. The number of hydrogen-bond donors (Lipinski definition) is 1. The Morgan fingerprint density at radius 2 is 1.95 bits per heavy atom. The standard InChI is InChI=1S/C15H14ClNOS/c1-10-9-15(19-11(10)2)17-14(18)8-5-12-3-6-13(16)7-4-12/h3-9H,1-2H3,(H,17,18)/b8-5+. The third-order valence-electron chi connectivity index (χ3n) is 2.71. The van der Waals surface area contributed by atoms with Crippen molar-refractivity contribution >= 4 is 39.9 Å². The zero-order valence-corrected chi connectivity index (χ0v) is 12.3. The van der Waals surface area contributed by atoms with Gasteiger partial charge in [0.05, 0.1) is 5.00 Å². The Balaban J connectivity index is 1.99. The minimum absolute atomic E-state index is 0.129. The van der Waals surface area contributed by atoms with Crippen LogP contribution in [0.15, 0.2) is 36.4 Å². The van der Waals surface area contributed by atoms with E-state index in [9.17, 15) is 4.79 Å². The monoisotopic (exact) mass is 291 g/mol. The molecule has 1 aromatic carbocycles. The average Bonchev–Trinajstić information content (AvgIpc) is 2.67. The van der Waals surface area contributed by atoms with Gasteiger partial charge in [-0.3, -0.25) is 4.79 Å². The van der Waals surface area contributed by atoms with Gasteiger partial charge in [0.25, 0.3) is 0 Å². The SMILES string of the molecule is Cc1cc(NC(=O)/C=C/c2ccc(Cl)cc2)sc1C. The van der Waals surface area contributed by atoms with Gasteiger partial charge in [0.2, 0.25) is 5.91 Å². The van der Waals surface area contributed by atoms with Gasteiger partial charge >= 0.3 is 0 Å². The molecule has 0 aliphatic rings. The van der Waals surface area contributed by atoms with Crippen LogP contribution in [-0.2, 0) is 4.79 Å².